The summed E-state index contributed by atoms with van der Waals surface area (Å²) in [5.41, 5.74) is 1.59. The van der Waals surface area contributed by atoms with Gasteiger partial charge >= 0.3 is 0 Å². The monoisotopic (exact) mass is 402 g/mol. The van der Waals surface area contributed by atoms with Crippen LogP contribution in [0.3, 0.4) is 0 Å². The molecule has 4 rings (SSSR count). The summed E-state index contributed by atoms with van der Waals surface area (Å²) in [7, 11) is 1.62. The smallest absolute Gasteiger partial charge is 0.269 e. The topological polar surface area (TPSA) is 86.2 Å². The second-order valence-electron chi connectivity index (χ2n) is 6.07. The number of aryl methyl sites for hydroxylation is 1. The van der Waals surface area contributed by atoms with Gasteiger partial charge in [-0.25, -0.2) is 4.98 Å². The largest absolute Gasteiger partial charge is 0.497 e. The van der Waals surface area contributed by atoms with Crippen molar-refractivity contribution in [2.75, 3.05) is 19.0 Å². The molecule has 0 unspecified atom stereocenters. The van der Waals surface area contributed by atoms with Crippen LogP contribution in [-0.4, -0.2) is 34.8 Å². The van der Waals surface area contributed by atoms with Gasteiger partial charge in [-0.3, -0.25) is 10.1 Å². The van der Waals surface area contributed by atoms with Crippen LogP contribution >= 0.6 is 22.7 Å². The predicted molar refractivity (Wildman–Crippen MR) is 105 cm³/mol. The molecule has 0 radical (unpaired) electrons. The number of methoxy groups -OCH3 is 1. The summed E-state index contributed by atoms with van der Waals surface area (Å²) in [6.07, 6.45) is 1.97. The van der Waals surface area contributed by atoms with E-state index in [1.165, 1.54) is 22.7 Å². The van der Waals surface area contributed by atoms with Crippen LogP contribution in [0.5, 0.6) is 5.75 Å². The van der Waals surface area contributed by atoms with Crippen molar-refractivity contribution in [3.8, 4) is 16.3 Å². The minimum atomic E-state index is -0.228. The van der Waals surface area contributed by atoms with E-state index in [4.69, 9.17) is 9.47 Å². The Kier molecular flexibility index (Phi) is 5.15. The van der Waals surface area contributed by atoms with Crippen molar-refractivity contribution in [1.29, 1.82) is 0 Å². The molecule has 1 aliphatic rings. The van der Waals surface area contributed by atoms with E-state index in [0.717, 1.165) is 40.8 Å². The van der Waals surface area contributed by atoms with Crippen molar-refractivity contribution >= 4 is 33.7 Å². The number of carbonyl (C=O) groups excluding carboxylic acids is 1. The Morgan fingerprint density at radius 2 is 2.22 bits per heavy atom. The van der Waals surface area contributed by atoms with E-state index >= 15 is 0 Å². The lowest BCUT2D eigenvalue weighted by molar-refractivity contribution is 0.102. The van der Waals surface area contributed by atoms with E-state index in [9.17, 15) is 4.79 Å². The van der Waals surface area contributed by atoms with Gasteiger partial charge in [-0.1, -0.05) is 23.5 Å². The molecule has 7 nitrogen and oxygen atoms in total. The maximum Gasteiger partial charge on any atom is 0.269 e. The van der Waals surface area contributed by atoms with Crippen LogP contribution < -0.4 is 10.1 Å². The van der Waals surface area contributed by atoms with Gasteiger partial charge in [-0.15, -0.1) is 21.5 Å². The maximum absolute atomic E-state index is 12.7. The molecule has 1 amide bonds. The van der Waals surface area contributed by atoms with Gasteiger partial charge in [0.25, 0.3) is 5.91 Å². The first-order valence-corrected chi connectivity index (χ1v) is 10.2. The number of thiazole rings is 1. The molecular weight excluding hydrogens is 384 g/mol. The molecule has 1 N–H and O–H groups in total. The first kappa shape index (κ1) is 18.0. The molecule has 0 saturated carbocycles. The lowest BCUT2D eigenvalue weighted by Crippen LogP contribution is -2.11. The van der Waals surface area contributed by atoms with Gasteiger partial charge < -0.3 is 9.47 Å². The molecule has 1 aliphatic heterocycles. The number of carbonyl (C=O) groups is 1. The highest BCUT2D eigenvalue weighted by Crippen LogP contribution is 2.33. The highest BCUT2D eigenvalue weighted by atomic mass is 32.1. The third-order valence-corrected chi connectivity index (χ3v) is 6.32. The van der Waals surface area contributed by atoms with Gasteiger partial charge in [-0.2, -0.15) is 0 Å². The fraction of sp³-hybridized carbons (Fsp3) is 0.333. The van der Waals surface area contributed by atoms with Crippen LogP contribution in [0.2, 0.25) is 0 Å². The number of rotatable bonds is 5. The van der Waals surface area contributed by atoms with E-state index in [0.29, 0.717) is 15.7 Å². The molecule has 0 bridgehead atoms. The number of aromatic nitrogens is 3. The first-order valence-electron chi connectivity index (χ1n) is 8.52. The summed E-state index contributed by atoms with van der Waals surface area (Å²) in [5, 5.41) is 13.1. The predicted octanol–water partition coefficient (Wildman–Crippen LogP) is 4.08. The Morgan fingerprint density at radius 1 is 1.33 bits per heavy atom. The molecule has 2 aromatic heterocycles. The summed E-state index contributed by atoms with van der Waals surface area (Å²) >= 11 is 2.70. The fourth-order valence-electron chi connectivity index (χ4n) is 2.83. The number of ether oxygens (including phenoxy) is 2. The van der Waals surface area contributed by atoms with Gasteiger partial charge in [0.2, 0.25) is 5.13 Å². The van der Waals surface area contributed by atoms with Crippen LogP contribution in [0.25, 0.3) is 10.6 Å². The molecule has 9 heteroatoms. The second-order valence-corrected chi connectivity index (χ2v) is 8.07. The van der Waals surface area contributed by atoms with Crippen LogP contribution in [0.4, 0.5) is 5.13 Å². The Hall–Kier alpha value is -2.36. The quantitative estimate of drug-likeness (QED) is 0.692. The maximum atomic E-state index is 12.7. The first-order chi connectivity index (χ1) is 13.1. The highest BCUT2D eigenvalue weighted by Gasteiger charge is 2.23. The Balaban J connectivity index is 1.51. The number of nitrogens with zero attached hydrogens (tertiary/aromatic N) is 3. The van der Waals surface area contributed by atoms with Crippen LogP contribution in [0.15, 0.2) is 24.3 Å². The van der Waals surface area contributed by atoms with Crippen molar-refractivity contribution in [1.82, 2.24) is 15.2 Å². The van der Waals surface area contributed by atoms with Crippen molar-refractivity contribution in [2.45, 2.75) is 25.9 Å². The van der Waals surface area contributed by atoms with Gasteiger partial charge in [-0.05, 0) is 31.9 Å². The molecular formula is C18H18N4O3S2. The molecule has 27 heavy (non-hydrogen) atoms. The molecule has 1 saturated heterocycles. The van der Waals surface area contributed by atoms with E-state index < -0.39 is 0 Å². The van der Waals surface area contributed by atoms with Gasteiger partial charge in [0.15, 0.2) is 0 Å². The fourth-order valence-corrected chi connectivity index (χ4v) is 4.61. The summed E-state index contributed by atoms with van der Waals surface area (Å²) in [5.74, 6) is 0.524. The SMILES string of the molecule is COc1cccc(-c2nc(C)c(C(=O)Nc3nnc([C@H]4CCCO4)s3)s2)c1. The minimum absolute atomic E-state index is 0.00189. The van der Waals surface area contributed by atoms with E-state index in [1.807, 2.05) is 31.2 Å². The van der Waals surface area contributed by atoms with Gasteiger partial charge in [0.05, 0.1) is 12.8 Å². The van der Waals surface area contributed by atoms with Crippen LogP contribution in [0, 0.1) is 6.92 Å². The molecule has 3 heterocycles. The van der Waals surface area contributed by atoms with Crippen molar-refractivity contribution in [3.63, 3.8) is 0 Å². The molecule has 1 fully saturated rings. The normalized spacial score (nSPS) is 16.4. The highest BCUT2D eigenvalue weighted by molar-refractivity contribution is 7.17. The standard InChI is InChI=1S/C18H18N4O3S2/c1-10-14(26-16(19-10)11-5-3-6-12(9-11)24-2)15(23)20-18-22-21-17(27-18)13-7-4-8-25-13/h3,5-6,9,13H,4,7-8H2,1-2H3,(H,20,22,23)/t13-/m1/s1. The molecule has 0 spiro atoms. The molecule has 3 aromatic rings. The lowest BCUT2D eigenvalue weighted by atomic mass is 10.2. The number of anilines is 1. The van der Waals surface area contributed by atoms with E-state index in [1.54, 1.807) is 7.11 Å². The lowest BCUT2D eigenvalue weighted by Gasteiger charge is -2.02. The third kappa shape index (κ3) is 3.85. The molecule has 1 atom stereocenters. The summed E-state index contributed by atoms with van der Waals surface area (Å²) in [6, 6.07) is 7.62. The van der Waals surface area contributed by atoms with E-state index in [-0.39, 0.29) is 12.0 Å². The molecule has 0 aliphatic carbocycles. The minimum Gasteiger partial charge on any atom is -0.497 e. The van der Waals surface area contributed by atoms with Crippen molar-refractivity contribution in [2.24, 2.45) is 0 Å². The Bertz CT molecular complexity index is 963. The Labute approximate surface area is 164 Å². The zero-order valence-corrected chi connectivity index (χ0v) is 16.5. The van der Waals surface area contributed by atoms with Gasteiger partial charge in [0.1, 0.15) is 26.7 Å². The molecule has 140 valence electrons. The number of hydrogen-bond acceptors (Lipinski definition) is 8. The average molecular weight is 403 g/mol. The van der Waals surface area contributed by atoms with Gasteiger partial charge in [0, 0.05) is 12.2 Å². The zero-order chi connectivity index (χ0) is 18.8. The third-order valence-electron chi connectivity index (χ3n) is 4.19. The van der Waals surface area contributed by atoms with Crippen molar-refractivity contribution < 1.29 is 14.3 Å². The zero-order valence-electron chi connectivity index (χ0n) is 14.9. The van der Waals surface area contributed by atoms with Crippen molar-refractivity contribution in [3.05, 3.63) is 39.8 Å². The average Bonchev–Trinajstić information content (AvgIpc) is 3.42. The number of benzene rings is 1. The van der Waals surface area contributed by atoms with Crippen LogP contribution in [-0.2, 0) is 4.74 Å². The van der Waals surface area contributed by atoms with E-state index in [2.05, 4.69) is 20.5 Å². The summed E-state index contributed by atoms with van der Waals surface area (Å²) in [6.45, 7) is 2.58. The number of amides is 1. The Morgan fingerprint density at radius 3 is 3.00 bits per heavy atom. The summed E-state index contributed by atoms with van der Waals surface area (Å²) < 4.78 is 10.9. The molecule has 1 aromatic carbocycles. The number of nitrogens with one attached hydrogen (secondary N) is 1. The van der Waals surface area contributed by atoms with Crippen LogP contribution in [0.1, 0.15) is 39.3 Å². The summed E-state index contributed by atoms with van der Waals surface area (Å²) in [4.78, 5) is 17.8. The number of hydrogen-bond donors (Lipinski definition) is 1. The second kappa shape index (κ2) is 7.71.